The third-order valence-electron chi connectivity index (χ3n) is 3.18. The minimum atomic E-state index is -0.0914. The Balaban J connectivity index is 1.92. The fraction of sp³-hybridized carbons (Fsp3) is 0.636. The first kappa shape index (κ1) is 12.8. The van der Waals surface area contributed by atoms with Crippen molar-refractivity contribution in [3.63, 3.8) is 0 Å². The second-order valence-electron chi connectivity index (χ2n) is 4.52. The van der Waals surface area contributed by atoms with Crippen LogP contribution in [0.25, 0.3) is 0 Å². The van der Waals surface area contributed by atoms with Crippen molar-refractivity contribution >= 4 is 28.4 Å². The van der Waals surface area contributed by atoms with Crippen LogP contribution in [0.1, 0.15) is 19.8 Å². The van der Waals surface area contributed by atoms with Crippen LogP contribution in [0.4, 0.5) is 5.82 Å². The van der Waals surface area contributed by atoms with Gasteiger partial charge in [0.15, 0.2) is 0 Å². The number of aromatic amines is 1. The van der Waals surface area contributed by atoms with Crippen LogP contribution in [0.3, 0.4) is 0 Å². The molecule has 0 bridgehead atoms. The smallest absolute Gasteiger partial charge is 0.266 e. The van der Waals surface area contributed by atoms with Crippen molar-refractivity contribution in [2.24, 2.45) is 0 Å². The summed E-state index contributed by atoms with van der Waals surface area (Å²) in [4.78, 5) is 20.5. The highest BCUT2D eigenvalue weighted by atomic mass is 127. The van der Waals surface area contributed by atoms with Gasteiger partial charge >= 0.3 is 0 Å². The van der Waals surface area contributed by atoms with E-state index in [0.29, 0.717) is 15.4 Å². The number of aromatic nitrogens is 2. The average Bonchev–Trinajstić information content (AvgIpc) is 3.13. The van der Waals surface area contributed by atoms with Crippen molar-refractivity contribution in [1.29, 1.82) is 0 Å². The Labute approximate surface area is 114 Å². The molecule has 17 heavy (non-hydrogen) atoms. The Hall–Kier alpha value is -0.630. The number of anilines is 1. The lowest BCUT2D eigenvalue weighted by Crippen LogP contribution is -2.36. The molecule has 1 aliphatic rings. The molecular weight excluding hydrogens is 331 g/mol. The SMILES string of the molecule is CC(CNc1nc[nH]c(=O)c1I)N(C)C1CC1. The topological polar surface area (TPSA) is 61.0 Å². The second kappa shape index (κ2) is 5.34. The number of nitrogens with one attached hydrogen (secondary N) is 2. The lowest BCUT2D eigenvalue weighted by Gasteiger charge is -2.24. The van der Waals surface area contributed by atoms with Crippen molar-refractivity contribution in [3.05, 3.63) is 20.3 Å². The summed E-state index contributed by atoms with van der Waals surface area (Å²) < 4.78 is 0.617. The molecule has 0 aliphatic heterocycles. The number of nitrogens with zero attached hydrogens (tertiary/aromatic N) is 2. The lowest BCUT2D eigenvalue weighted by atomic mass is 10.3. The van der Waals surface area contributed by atoms with Crippen LogP contribution in [0, 0.1) is 3.57 Å². The summed E-state index contributed by atoms with van der Waals surface area (Å²) >= 11 is 2.01. The summed E-state index contributed by atoms with van der Waals surface area (Å²) in [6.07, 6.45) is 4.05. The maximum absolute atomic E-state index is 11.4. The lowest BCUT2D eigenvalue weighted by molar-refractivity contribution is 0.257. The van der Waals surface area contributed by atoms with E-state index < -0.39 is 0 Å². The maximum atomic E-state index is 11.4. The van der Waals surface area contributed by atoms with Gasteiger partial charge in [0.05, 0.1) is 6.33 Å². The predicted octanol–water partition coefficient (Wildman–Crippen LogP) is 1.27. The van der Waals surface area contributed by atoms with E-state index in [1.165, 1.54) is 19.2 Å². The van der Waals surface area contributed by atoms with Crippen LogP contribution in [-0.2, 0) is 0 Å². The molecule has 1 unspecified atom stereocenters. The van der Waals surface area contributed by atoms with E-state index in [0.717, 1.165) is 12.6 Å². The Morgan fingerprint density at radius 1 is 1.71 bits per heavy atom. The van der Waals surface area contributed by atoms with Gasteiger partial charge < -0.3 is 10.3 Å². The van der Waals surface area contributed by atoms with E-state index in [4.69, 9.17) is 0 Å². The number of H-pyrrole nitrogens is 1. The quantitative estimate of drug-likeness (QED) is 0.787. The summed E-state index contributed by atoms with van der Waals surface area (Å²) in [5.41, 5.74) is -0.0914. The fourth-order valence-corrected chi connectivity index (χ4v) is 2.22. The predicted molar refractivity (Wildman–Crippen MR) is 76.3 cm³/mol. The van der Waals surface area contributed by atoms with E-state index >= 15 is 0 Å². The summed E-state index contributed by atoms with van der Waals surface area (Å²) in [5.74, 6) is 0.672. The molecule has 2 rings (SSSR count). The Bertz CT molecular complexity index is 443. The molecule has 1 saturated carbocycles. The first-order valence-corrected chi connectivity index (χ1v) is 6.86. The molecule has 2 N–H and O–H groups in total. The van der Waals surface area contributed by atoms with Crippen LogP contribution >= 0.6 is 22.6 Å². The zero-order valence-electron chi connectivity index (χ0n) is 10.0. The normalized spacial score (nSPS) is 17.2. The molecule has 0 aromatic carbocycles. The molecule has 1 heterocycles. The summed E-state index contributed by atoms with van der Waals surface area (Å²) in [6.45, 7) is 2.99. The molecule has 0 amide bonds. The summed E-state index contributed by atoms with van der Waals surface area (Å²) in [7, 11) is 2.15. The second-order valence-corrected chi connectivity index (χ2v) is 5.60. The Kier molecular flexibility index (Phi) is 4.03. The van der Waals surface area contributed by atoms with Crippen molar-refractivity contribution in [1.82, 2.24) is 14.9 Å². The summed E-state index contributed by atoms with van der Waals surface area (Å²) in [6, 6.07) is 1.19. The molecule has 0 spiro atoms. The number of hydrogen-bond donors (Lipinski definition) is 2. The van der Waals surface area contributed by atoms with Gasteiger partial charge in [0, 0.05) is 18.6 Å². The van der Waals surface area contributed by atoms with E-state index in [1.54, 1.807) is 0 Å². The average molecular weight is 348 g/mol. The highest BCUT2D eigenvalue weighted by molar-refractivity contribution is 14.1. The van der Waals surface area contributed by atoms with Gasteiger partial charge in [-0.05, 0) is 49.4 Å². The molecule has 94 valence electrons. The Morgan fingerprint density at radius 2 is 2.41 bits per heavy atom. The molecule has 6 heteroatoms. The molecule has 5 nitrogen and oxygen atoms in total. The van der Waals surface area contributed by atoms with Gasteiger partial charge in [0.2, 0.25) is 0 Å². The van der Waals surface area contributed by atoms with E-state index in [2.05, 4.69) is 34.2 Å². The van der Waals surface area contributed by atoms with Crippen LogP contribution < -0.4 is 10.9 Å². The zero-order chi connectivity index (χ0) is 12.4. The van der Waals surface area contributed by atoms with Gasteiger partial charge in [-0.25, -0.2) is 4.98 Å². The van der Waals surface area contributed by atoms with Crippen LogP contribution in [0.15, 0.2) is 11.1 Å². The minimum absolute atomic E-state index is 0.0914. The first-order valence-electron chi connectivity index (χ1n) is 5.78. The number of likely N-dealkylation sites (N-methyl/N-ethyl adjacent to an activating group) is 1. The van der Waals surface area contributed by atoms with Crippen LogP contribution in [-0.4, -0.2) is 40.5 Å². The highest BCUT2D eigenvalue weighted by Crippen LogP contribution is 2.26. The standard InChI is InChI=1S/C11H17IN4O/c1-7(16(2)8-3-4-8)5-13-10-9(12)11(17)15-6-14-10/h6-8H,3-5H2,1-2H3,(H2,13,14,15,17). The molecular formula is C11H17IN4O. The van der Waals surface area contributed by atoms with Crippen molar-refractivity contribution in [2.75, 3.05) is 18.9 Å². The van der Waals surface area contributed by atoms with E-state index in [-0.39, 0.29) is 5.56 Å². The summed E-state index contributed by atoms with van der Waals surface area (Å²) in [5, 5.41) is 3.24. The molecule has 1 fully saturated rings. The third-order valence-corrected chi connectivity index (χ3v) is 4.18. The van der Waals surface area contributed by atoms with Gasteiger partial charge in [-0.2, -0.15) is 0 Å². The molecule has 0 saturated heterocycles. The molecule has 1 aromatic rings. The first-order chi connectivity index (χ1) is 8.09. The number of rotatable bonds is 5. The van der Waals surface area contributed by atoms with Gasteiger partial charge in [-0.3, -0.25) is 9.69 Å². The zero-order valence-corrected chi connectivity index (χ0v) is 12.2. The van der Waals surface area contributed by atoms with Gasteiger partial charge in [-0.15, -0.1) is 0 Å². The number of hydrogen-bond acceptors (Lipinski definition) is 4. The monoisotopic (exact) mass is 348 g/mol. The molecule has 1 aliphatic carbocycles. The maximum Gasteiger partial charge on any atom is 0.266 e. The molecule has 1 atom stereocenters. The largest absolute Gasteiger partial charge is 0.367 e. The van der Waals surface area contributed by atoms with Crippen molar-refractivity contribution in [2.45, 2.75) is 31.8 Å². The van der Waals surface area contributed by atoms with Crippen molar-refractivity contribution in [3.8, 4) is 0 Å². The van der Waals surface area contributed by atoms with E-state index in [1.807, 2.05) is 22.6 Å². The van der Waals surface area contributed by atoms with E-state index in [9.17, 15) is 4.79 Å². The number of halogens is 1. The van der Waals surface area contributed by atoms with Crippen LogP contribution in [0.5, 0.6) is 0 Å². The highest BCUT2D eigenvalue weighted by Gasteiger charge is 2.28. The molecule has 0 radical (unpaired) electrons. The van der Waals surface area contributed by atoms with Gasteiger partial charge in [0.25, 0.3) is 5.56 Å². The Morgan fingerprint density at radius 3 is 3.06 bits per heavy atom. The molecule has 1 aromatic heterocycles. The van der Waals surface area contributed by atoms with Crippen LogP contribution in [0.2, 0.25) is 0 Å². The van der Waals surface area contributed by atoms with Gasteiger partial charge in [-0.1, -0.05) is 0 Å². The van der Waals surface area contributed by atoms with Crippen molar-refractivity contribution < 1.29 is 0 Å². The minimum Gasteiger partial charge on any atom is -0.367 e. The third kappa shape index (κ3) is 3.19. The van der Waals surface area contributed by atoms with Gasteiger partial charge in [0.1, 0.15) is 9.39 Å². The fourth-order valence-electron chi connectivity index (χ4n) is 1.74.